The van der Waals surface area contributed by atoms with E-state index in [1.165, 1.54) is 10.8 Å². The Bertz CT molecular complexity index is 465. The van der Waals surface area contributed by atoms with Gasteiger partial charge in [0.2, 0.25) is 0 Å². The number of carbonyl (C=O) groups is 1. The maximum Gasteiger partial charge on any atom is 0.342 e. The molecule has 7 nitrogen and oxygen atoms in total. The van der Waals surface area contributed by atoms with E-state index in [1.807, 2.05) is 0 Å². The highest BCUT2D eigenvalue weighted by atomic mass is 16.6. The van der Waals surface area contributed by atoms with E-state index in [1.54, 1.807) is 6.92 Å². The summed E-state index contributed by atoms with van der Waals surface area (Å²) in [7, 11) is 0. The maximum atomic E-state index is 11.5. The molecule has 1 aromatic heterocycles. The zero-order valence-electron chi connectivity index (χ0n) is 10.2. The van der Waals surface area contributed by atoms with Crippen molar-refractivity contribution in [3.63, 3.8) is 0 Å². The van der Waals surface area contributed by atoms with Crippen LogP contribution >= 0.6 is 0 Å². The minimum absolute atomic E-state index is 0.0314. The first-order valence-corrected chi connectivity index (χ1v) is 5.92. The van der Waals surface area contributed by atoms with Gasteiger partial charge in [-0.25, -0.2) is 9.55 Å². The molecule has 2 rings (SSSR count). The van der Waals surface area contributed by atoms with E-state index in [-0.39, 0.29) is 30.9 Å². The van der Waals surface area contributed by atoms with Gasteiger partial charge < -0.3 is 14.9 Å². The van der Waals surface area contributed by atoms with Gasteiger partial charge in [0.1, 0.15) is 19.3 Å². The monoisotopic (exact) mass is 253 g/mol. The van der Waals surface area contributed by atoms with Crippen LogP contribution in [0.4, 0.5) is 5.82 Å². The molecule has 0 saturated heterocycles. The number of hydrogen-bond acceptors (Lipinski definition) is 5. The van der Waals surface area contributed by atoms with Crippen molar-refractivity contribution in [3.05, 3.63) is 22.1 Å². The number of hydrogen-bond donors (Lipinski definition) is 0. The number of nitrogens with zero attached hydrogens (tertiary/aromatic N) is 3. The van der Waals surface area contributed by atoms with Crippen molar-refractivity contribution < 1.29 is 14.5 Å². The van der Waals surface area contributed by atoms with Gasteiger partial charge in [0.05, 0.1) is 5.92 Å². The lowest BCUT2D eigenvalue weighted by Gasteiger charge is -2.22. The predicted octanol–water partition coefficient (Wildman–Crippen LogP) is 1.44. The number of imidazole rings is 1. The molecule has 0 radical (unpaired) electrons. The van der Waals surface area contributed by atoms with Crippen LogP contribution in [0.15, 0.2) is 6.20 Å². The Kier molecular flexibility index (Phi) is 3.59. The Labute approximate surface area is 104 Å². The van der Waals surface area contributed by atoms with Crippen molar-refractivity contribution in [3.8, 4) is 0 Å². The smallest absolute Gasteiger partial charge is 0.342 e. The third kappa shape index (κ3) is 2.49. The molecular weight excluding hydrogens is 238 g/mol. The fourth-order valence-electron chi connectivity index (χ4n) is 1.88. The highest BCUT2D eigenvalue weighted by molar-refractivity contribution is 5.73. The van der Waals surface area contributed by atoms with Gasteiger partial charge in [-0.2, -0.15) is 0 Å². The summed E-state index contributed by atoms with van der Waals surface area (Å²) in [4.78, 5) is 25.6. The first kappa shape index (κ1) is 12.5. The molecule has 7 heteroatoms. The third-order valence-electron chi connectivity index (χ3n) is 3.22. The summed E-state index contributed by atoms with van der Waals surface area (Å²) in [6, 6.07) is 0. The van der Waals surface area contributed by atoms with E-state index in [0.717, 1.165) is 19.3 Å². The van der Waals surface area contributed by atoms with E-state index in [4.69, 9.17) is 4.74 Å². The van der Waals surface area contributed by atoms with Gasteiger partial charge >= 0.3 is 11.8 Å². The second kappa shape index (κ2) is 5.16. The van der Waals surface area contributed by atoms with E-state index in [2.05, 4.69) is 4.98 Å². The first-order valence-electron chi connectivity index (χ1n) is 5.92. The molecule has 1 aliphatic carbocycles. The Balaban J connectivity index is 1.87. The second-order valence-electron chi connectivity index (χ2n) is 4.37. The summed E-state index contributed by atoms with van der Waals surface area (Å²) in [6.07, 6.45) is 4.07. The zero-order chi connectivity index (χ0) is 13.1. The van der Waals surface area contributed by atoms with Crippen molar-refractivity contribution >= 4 is 11.8 Å². The van der Waals surface area contributed by atoms with Crippen LogP contribution in [0.25, 0.3) is 0 Å². The van der Waals surface area contributed by atoms with Gasteiger partial charge in [-0.1, -0.05) is 6.42 Å². The Morgan fingerprint density at radius 2 is 2.39 bits per heavy atom. The van der Waals surface area contributed by atoms with Crippen molar-refractivity contribution in [2.75, 3.05) is 6.61 Å². The zero-order valence-corrected chi connectivity index (χ0v) is 10.2. The molecule has 0 aliphatic heterocycles. The van der Waals surface area contributed by atoms with Crippen LogP contribution in [0, 0.1) is 23.0 Å². The van der Waals surface area contributed by atoms with Crippen molar-refractivity contribution in [1.82, 2.24) is 9.55 Å². The summed E-state index contributed by atoms with van der Waals surface area (Å²) in [5, 5.41) is 10.7. The van der Waals surface area contributed by atoms with Crippen molar-refractivity contribution in [2.24, 2.45) is 5.92 Å². The molecule has 1 heterocycles. The Morgan fingerprint density at radius 3 is 2.94 bits per heavy atom. The molecule has 0 bridgehead atoms. The Hall–Kier alpha value is -1.92. The lowest BCUT2D eigenvalue weighted by molar-refractivity contribution is -0.392. The highest BCUT2D eigenvalue weighted by Crippen LogP contribution is 2.27. The summed E-state index contributed by atoms with van der Waals surface area (Å²) >= 11 is 0. The van der Waals surface area contributed by atoms with Crippen LogP contribution < -0.4 is 0 Å². The fourth-order valence-corrected chi connectivity index (χ4v) is 1.88. The van der Waals surface area contributed by atoms with Crippen LogP contribution in [0.1, 0.15) is 25.1 Å². The van der Waals surface area contributed by atoms with E-state index >= 15 is 0 Å². The van der Waals surface area contributed by atoms with E-state index in [0.29, 0.717) is 5.82 Å². The standard InChI is InChI=1S/C11H15N3O4/c1-8-12-7-10(14(16)17)13(8)5-6-18-11(15)9-3-2-4-9/h7,9H,2-6H2,1H3. The topological polar surface area (TPSA) is 87.3 Å². The van der Waals surface area contributed by atoms with Crippen molar-refractivity contribution in [1.29, 1.82) is 0 Å². The van der Waals surface area contributed by atoms with Gasteiger partial charge in [-0.3, -0.25) is 4.79 Å². The number of ether oxygens (including phenoxy) is 1. The molecule has 0 aromatic carbocycles. The van der Waals surface area contributed by atoms with Crippen LogP contribution in [-0.4, -0.2) is 27.1 Å². The molecule has 0 amide bonds. The highest BCUT2D eigenvalue weighted by Gasteiger charge is 2.27. The van der Waals surface area contributed by atoms with E-state index in [9.17, 15) is 14.9 Å². The number of aromatic nitrogens is 2. The molecule has 0 N–H and O–H groups in total. The minimum atomic E-state index is -0.492. The largest absolute Gasteiger partial charge is 0.461 e. The number of aryl methyl sites for hydroxylation is 1. The Morgan fingerprint density at radius 1 is 1.67 bits per heavy atom. The lowest BCUT2D eigenvalue weighted by Crippen LogP contribution is -2.25. The molecular formula is C11H15N3O4. The van der Waals surface area contributed by atoms with Gasteiger partial charge in [-0.05, 0) is 17.8 Å². The summed E-state index contributed by atoms with van der Waals surface area (Å²) in [5.41, 5.74) is 0. The molecule has 0 unspecified atom stereocenters. The quantitative estimate of drug-likeness (QED) is 0.450. The average Bonchev–Trinajstić information content (AvgIpc) is 2.58. The molecule has 1 fully saturated rings. The summed E-state index contributed by atoms with van der Waals surface area (Å²) < 4.78 is 6.54. The molecule has 98 valence electrons. The SMILES string of the molecule is Cc1ncc([N+](=O)[O-])n1CCOC(=O)C1CCC1. The summed E-state index contributed by atoms with van der Waals surface area (Å²) in [5.74, 6) is 0.305. The molecule has 0 spiro atoms. The predicted molar refractivity (Wildman–Crippen MR) is 61.9 cm³/mol. The van der Waals surface area contributed by atoms with Gasteiger partial charge in [0, 0.05) is 6.92 Å². The van der Waals surface area contributed by atoms with Gasteiger partial charge in [-0.15, -0.1) is 0 Å². The number of carbonyl (C=O) groups excluding carboxylic acids is 1. The van der Waals surface area contributed by atoms with Crippen LogP contribution in [-0.2, 0) is 16.1 Å². The fraction of sp³-hybridized carbons (Fsp3) is 0.636. The number of rotatable bonds is 5. The lowest BCUT2D eigenvalue weighted by atomic mass is 9.86. The van der Waals surface area contributed by atoms with Crippen LogP contribution in [0.3, 0.4) is 0 Å². The van der Waals surface area contributed by atoms with Gasteiger partial charge in [0.25, 0.3) is 0 Å². The molecule has 0 atom stereocenters. The average molecular weight is 253 g/mol. The van der Waals surface area contributed by atoms with E-state index < -0.39 is 4.92 Å². The third-order valence-corrected chi connectivity index (χ3v) is 3.22. The normalized spacial score (nSPS) is 15.2. The minimum Gasteiger partial charge on any atom is -0.461 e. The summed E-state index contributed by atoms with van der Waals surface area (Å²) in [6.45, 7) is 2.09. The second-order valence-corrected chi connectivity index (χ2v) is 4.37. The number of nitro groups is 1. The molecule has 1 saturated carbocycles. The molecule has 1 aromatic rings. The number of esters is 1. The first-order chi connectivity index (χ1) is 8.59. The molecule has 1 aliphatic rings. The van der Waals surface area contributed by atoms with Crippen LogP contribution in [0.2, 0.25) is 0 Å². The van der Waals surface area contributed by atoms with Gasteiger partial charge in [0.15, 0.2) is 5.82 Å². The van der Waals surface area contributed by atoms with Crippen molar-refractivity contribution in [2.45, 2.75) is 32.7 Å². The van der Waals surface area contributed by atoms with Crippen LogP contribution in [0.5, 0.6) is 0 Å². The molecule has 18 heavy (non-hydrogen) atoms. The maximum absolute atomic E-state index is 11.5.